The molecule has 1 saturated heterocycles. The molecule has 0 unspecified atom stereocenters. The summed E-state index contributed by atoms with van der Waals surface area (Å²) in [7, 11) is 1.57. The molecule has 2 amide bonds. The summed E-state index contributed by atoms with van der Waals surface area (Å²) in [6.45, 7) is 3.17. The van der Waals surface area contributed by atoms with E-state index in [4.69, 9.17) is 10.5 Å². The Balaban J connectivity index is 2.01. The molecule has 0 saturated carbocycles. The first-order valence-corrected chi connectivity index (χ1v) is 7.50. The summed E-state index contributed by atoms with van der Waals surface area (Å²) >= 11 is 0. The first kappa shape index (κ1) is 16.3. The number of benzene rings is 1. The molecule has 1 fully saturated rings. The molecule has 2 atom stereocenters. The number of carbonyl (C=O) groups excluding carboxylic acids is 2. The van der Waals surface area contributed by atoms with Crippen molar-refractivity contribution in [2.45, 2.75) is 25.8 Å². The summed E-state index contributed by atoms with van der Waals surface area (Å²) in [6, 6.07) is 6.95. The Labute approximate surface area is 130 Å². The van der Waals surface area contributed by atoms with Gasteiger partial charge in [0.1, 0.15) is 5.75 Å². The number of nitrogens with two attached hydrogens (primary N) is 1. The van der Waals surface area contributed by atoms with E-state index in [1.165, 1.54) is 0 Å². The van der Waals surface area contributed by atoms with Crippen LogP contribution in [-0.4, -0.2) is 43.0 Å². The molecule has 1 aliphatic heterocycles. The van der Waals surface area contributed by atoms with Crippen LogP contribution in [0.5, 0.6) is 5.75 Å². The molecule has 6 heteroatoms. The minimum Gasteiger partial charge on any atom is -0.495 e. The fourth-order valence-electron chi connectivity index (χ4n) is 2.74. The Morgan fingerprint density at radius 1 is 1.41 bits per heavy atom. The van der Waals surface area contributed by atoms with Crippen molar-refractivity contribution in [1.82, 2.24) is 4.90 Å². The second kappa shape index (κ2) is 7.26. The van der Waals surface area contributed by atoms with E-state index in [1.54, 1.807) is 19.2 Å². The molecule has 1 heterocycles. The maximum atomic E-state index is 12.4. The third kappa shape index (κ3) is 3.76. The summed E-state index contributed by atoms with van der Waals surface area (Å²) < 4.78 is 5.23. The molecule has 1 aromatic carbocycles. The van der Waals surface area contributed by atoms with Gasteiger partial charge in [0.05, 0.1) is 24.8 Å². The highest BCUT2D eigenvalue weighted by atomic mass is 16.5. The second-order valence-electron chi connectivity index (χ2n) is 5.60. The number of piperidine rings is 1. The lowest BCUT2D eigenvalue weighted by Gasteiger charge is -2.34. The molecular weight excluding hydrogens is 282 g/mol. The first-order valence-electron chi connectivity index (χ1n) is 7.50. The number of nitrogens with zero attached hydrogens (tertiary/aromatic N) is 1. The van der Waals surface area contributed by atoms with Crippen LogP contribution in [0.15, 0.2) is 24.3 Å². The van der Waals surface area contributed by atoms with E-state index in [0.29, 0.717) is 18.0 Å². The molecule has 3 N–H and O–H groups in total. The van der Waals surface area contributed by atoms with Crippen molar-refractivity contribution in [1.29, 1.82) is 0 Å². The van der Waals surface area contributed by atoms with Crippen LogP contribution in [0.3, 0.4) is 0 Å². The van der Waals surface area contributed by atoms with Gasteiger partial charge in [-0.05, 0) is 38.4 Å². The highest BCUT2D eigenvalue weighted by molar-refractivity contribution is 5.95. The molecule has 22 heavy (non-hydrogen) atoms. The summed E-state index contributed by atoms with van der Waals surface area (Å²) in [5.74, 6) is 0.0450. The third-order valence-electron chi connectivity index (χ3n) is 4.15. The van der Waals surface area contributed by atoms with Crippen molar-refractivity contribution >= 4 is 17.5 Å². The molecule has 0 aromatic heterocycles. The average Bonchev–Trinajstić information content (AvgIpc) is 2.54. The zero-order valence-electron chi connectivity index (χ0n) is 13.0. The Hall–Kier alpha value is -2.08. The van der Waals surface area contributed by atoms with E-state index in [-0.39, 0.29) is 23.8 Å². The molecule has 0 radical (unpaired) electrons. The fourth-order valence-corrected chi connectivity index (χ4v) is 2.74. The highest BCUT2D eigenvalue weighted by Crippen LogP contribution is 2.24. The zero-order chi connectivity index (χ0) is 16.1. The van der Waals surface area contributed by atoms with Gasteiger partial charge in [-0.1, -0.05) is 12.1 Å². The number of rotatable bonds is 5. The summed E-state index contributed by atoms with van der Waals surface area (Å²) in [6.07, 6.45) is 1.67. The number of hydrogen-bond acceptors (Lipinski definition) is 4. The number of methoxy groups -OCH3 is 1. The zero-order valence-corrected chi connectivity index (χ0v) is 13.0. The fraction of sp³-hybridized carbons (Fsp3) is 0.500. The van der Waals surface area contributed by atoms with E-state index >= 15 is 0 Å². The van der Waals surface area contributed by atoms with Crippen molar-refractivity contribution in [3.8, 4) is 5.75 Å². The summed E-state index contributed by atoms with van der Waals surface area (Å²) in [4.78, 5) is 25.8. The first-order chi connectivity index (χ1) is 10.5. The molecule has 120 valence electrons. The van der Waals surface area contributed by atoms with Gasteiger partial charge in [0.2, 0.25) is 11.8 Å². The topological polar surface area (TPSA) is 84.7 Å². The van der Waals surface area contributed by atoms with Crippen LogP contribution in [0, 0.1) is 5.92 Å². The van der Waals surface area contributed by atoms with Crippen LogP contribution in [0.25, 0.3) is 0 Å². The average molecular weight is 305 g/mol. The van der Waals surface area contributed by atoms with E-state index in [1.807, 2.05) is 24.0 Å². The van der Waals surface area contributed by atoms with Crippen molar-refractivity contribution < 1.29 is 14.3 Å². The number of anilines is 1. The number of carbonyl (C=O) groups is 2. The molecular formula is C16H23N3O3. The van der Waals surface area contributed by atoms with Crippen LogP contribution in [0.4, 0.5) is 5.69 Å². The maximum absolute atomic E-state index is 12.4. The molecule has 1 aromatic rings. The minimum absolute atomic E-state index is 0.116. The van der Waals surface area contributed by atoms with E-state index < -0.39 is 0 Å². The standard InChI is InChI=1S/C16H23N3O3/c1-11(19-9-5-6-12(10-19)15(17)20)16(21)18-13-7-3-4-8-14(13)22-2/h3-4,7-8,11-12H,5-6,9-10H2,1-2H3,(H2,17,20)(H,18,21)/t11-,12-/m0/s1. The number of para-hydroxylation sites is 2. The Morgan fingerprint density at radius 2 is 2.14 bits per heavy atom. The van der Waals surface area contributed by atoms with Crippen LogP contribution >= 0.6 is 0 Å². The predicted octanol–water partition coefficient (Wildman–Crippen LogP) is 1.22. The highest BCUT2D eigenvalue weighted by Gasteiger charge is 2.30. The number of amides is 2. The second-order valence-corrected chi connectivity index (χ2v) is 5.60. The Kier molecular flexibility index (Phi) is 5.38. The lowest BCUT2D eigenvalue weighted by Crippen LogP contribution is -2.49. The molecule has 0 spiro atoms. The van der Waals surface area contributed by atoms with Gasteiger partial charge < -0.3 is 15.8 Å². The number of likely N-dealkylation sites (tertiary alicyclic amines) is 1. The van der Waals surface area contributed by atoms with Crippen molar-refractivity contribution in [2.24, 2.45) is 11.7 Å². The van der Waals surface area contributed by atoms with Gasteiger partial charge in [-0.2, -0.15) is 0 Å². The van der Waals surface area contributed by atoms with Gasteiger partial charge in [0.25, 0.3) is 0 Å². The summed E-state index contributed by atoms with van der Waals surface area (Å²) in [5.41, 5.74) is 6.03. The SMILES string of the molecule is COc1ccccc1NC(=O)[C@H](C)N1CCC[C@H](C(N)=O)C1. The Morgan fingerprint density at radius 3 is 2.82 bits per heavy atom. The predicted molar refractivity (Wildman–Crippen MR) is 84.6 cm³/mol. The van der Waals surface area contributed by atoms with Gasteiger partial charge in [-0.25, -0.2) is 0 Å². The number of hydrogen-bond donors (Lipinski definition) is 2. The molecule has 6 nitrogen and oxygen atoms in total. The largest absolute Gasteiger partial charge is 0.495 e. The molecule has 0 aliphatic carbocycles. The monoisotopic (exact) mass is 305 g/mol. The van der Waals surface area contributed by atoms with Crippen molar-refractivity contribution in [2.75, 3.05) is 25.5 Å². The molecule has 1 aliphatic rings. The normalized spacial score (nSPS) is 20.2. The van der Waals surface area contributed by atoms with Crippen molar-refractivity contribution in [3.63, 3.8) is 0 Å². The van der Waals surface area contributed by atoms with E-state index in [2.05, 4.69) is 5.32 Å². The molecule has 0 bridgehead atoms. The number of ether oxygens (including phenoxy) is 1. The van der Waals surface area contributed by atoms with Crippen LogP contribution in [-0.2, 0) is 9.59 Å². The van der Waals surface area contributed by atoms with Gasteiger partial charge in [-0.3, -0.25) is 14.5 Å². The van der Waals surface area contributed by atoms with Gasteiger partial charge >= 0.3 is 0 Å². The number of primary amides is 1. The third-order valence-corrected chi connectivity index (χ3v) is 4.15. The molecule has 2 rings (SSSR count). The van der Waals surface area contributed by atoms with Gasteiger partial charge in [-0.15, -0.1) is 0 Å². The summed E-state index contributed by atoms with van der Waals surface area (Å²) in [5, 5.41) is 2.88. The van der Waals surface area contributed by atoms with Crippen LogP contribution in [0.1, 0.15) is 19.8 Å². The van der Waals surface area contributed by atoms with Crippen molar-refractivity contribution in [3.05, 3.63) is 24.3 Å². The van der Waals surface area contributed by atoms with Gasteiger partial charge in [0, 0.05) is 6.54 Å². The van der Waals surface area contributed by atoms with Crippen LogP contribution in [0.2, 0.25) is 0 Å². The van der Waals surface area contributed by atoms with E-state index in [0.717, 1.165) is 19.4 Å². The lowest BCUT2D eigenvalue weighted by molar-refractivity contribution is -0.127. The lowest BCUT2D eigenvalue weighted by atomic mass is 9.96. The smallest absolute Gasteiger partial charge is 0.241 e. The maximum Gasteiger partial charge on any atom is 0.241 e. The van der Waals surface area contributed by atoms with E-state index in [9.17, 15) is 9.59 Å². The number of nitrogens with one attached hydrogen (secondary N) is 1. The van der Waals surface area contributed by atoms with Gasteiger partial charge in [0.15, 0.2) is 0 Å². The quantitative estimate of drug-likeness (QED) is 0.856. The Bertz CT molecular complexity index is 547. The van der Waals surface area contributed by atoms with Crippen LogP contribution < -0.4 is 15.8 Å². The minimum atomic E-state index is -0.327.